The van der Waals surface area contributed by atoms with Crippen molar-refractivity contribution in [1.29, 1.82) is 0 Å². The molecule has 0 radical (unpaired) electrons. The van der Waals surface area contributed by atoms with Gasteiger partial charge >= 0.3 is 0 Å². The van der Waals surface area contributed by atoms with Crippen molar-refractivity contribution in [2.45, 2.75) is 77.1 Å². The topological polar surface area (TPSA) is 50.4 Å². The molecule has 4 heteroatoms. The van der Waals surface area contributed by atoms with Gasteiger partial charge < -0.3 is 15.4 Å². The third kappa shape index (κ3) is 4.46. The summed E-state index contributed by atoms with van der Waals surface area (Å²) in [6, 6.07) is 1.56. The quantitative estimate of drug-likeness (QED) is 0.773. The van der Waals surface area contributed by atoms with Gasteiger partial charge in [-0.25, -0.2) is 0 Å². The summed E-state index contributed by atoms with van der Waals surface area (Å²) in [5.41, 5.74) is 0. The van der Waals surface area contributed by atoms with Gasteiger partial charge in [-0.2, -0.15) is 0 Å². The molecule has 110 valence electrons. The number of carbonyl (C=O) groups excluding carboxylic acids is 1. The molecular weight excluding hydrogens is 240 g/mol. The Bertz CT molecular complexity index is 295. The fourth-order valence-corrected chi connectivity index (χ4v) is 3.05. The van der Waals surface area contributed by atoms with Gasteiger partial charge in [-0.05, 0) is 44.9 Å². The summed E-state index contributed by atoms with van der Waals surface area (Å²) in [6.45, 7) is 6.85. The first kappa shape index (κ1) is 14.8. The largest absolute Gasteiger partial charge is 0.369 e. The Balaban J connectivity index is 1.68. The van der Waals surface area contributed by atoms with E-state index < -0.39 is 0 Å². The van der Waals surface area contributed by atoms with Crippen molar-refractivity contribution in [2.24, 2.45) is 5.92 Å². The molecule has 2 aliphatic heterocycles. The number of rotatable bonds is 6. The van der Waals surface area contributed by atoms with Gasteiger partial charge in [0.2, 0.25) is 5.91 Å². The van der Waals surface area contributed by atoms with Gasteiger partial charge in [-0.1, -0.05) is 13.8 Å². The monoisotopic (exact) mass is 268 g/mol. The molecule has 0 aromatic carbocycles. The van der Waals surface area contributed by atoms with Crippen molar-refractivity contribution in [3.05, 3.63) is 0 Å². The molecule has 0 aliphatic carbocycles. The number of carbonyl (C=O) groups is 1. The van der Waals surface area contributed by atoms with Crippen LogP contribution in [0.15, 0.2) is 0 Å². The average Bonchev–Trinajstić information content (AvgIpc) is 2.68. The first-order chi connectivity index (χ1) is 9.04. The summed E-state index contributed by atoms with van der Waals surface area (Å²) in [5.74, 6) is 0.672. The van der Waals surface area contributed by atoms with Gasteiger partial charge in [0.15, 0.2) is 0 Å². The number of ether oxygens (including phenoxy) is 1. The van der Waals surface area contributed by atoms with Crippen molar-refractivity contribution in [3.63, 3.8) is 0 Å². The van der Waals surface area contributed by atoms with Crippen molar-refractivity contribution in [3.8, 4) is 0 Å². The zero-order chi connectivity index (χ0) is 13.8. The maximum atomic E-state index is 12.1. The average molecular weight is 268 g/mol. The molecule has 19 heavy (non-hydrogen) atoms. The van der Waals surface area contributed by atoms with E-state index >= 15 is 0 Å². The normalized spacial score (nSPS) is 31.5. The molecule has 3 atom stereocenters. The Kier molecular flexibility index (Phi) is 5.22. The van der Waals surface area contributed by atoms with Crippen molar-refractivity contribution < 1.29 is 9.53 Å². The van der Waals surface area contributed by atoms with E-state index in [0.29, 0.717) is 30.7 Å². The highest BCUT2D eigenvalue weighted by Crippen LogP contribution is 2.26. The minimum Gasteiger partial charge on any atom is -0.369 e. The zero-order valence-electron chi connectivity index (χ0n) is 12.4. The molecule has 4 nitrogen and oxygen atoms in total. The molecule has 2 aliphatic rings. The van der Waals surface area contributed by atoms with Gasteiger partial charge in [0.05, 0.1) is 0 Å². The molecule has 3 unspecified atom stereocenters. The molecule has 0 saturated carbocycles. The fourth-order valence-electron chi connectivity index (χ4n) is 3.05. The first-order valence-corrected chi connectivity index (χ1v) is 7.72. The van der Waals surface area contributed by atoms with E-state index in [9.17, 15) is 4.79 Å². The maximum Gasteiger partial charge on any atom is 0.249 e. The summed E-state index contributed by atoms with van der Waals surface area (Å²) >= 11 is 0. The second-order valence-corrected chi connectivity index (χ2v) is 6.51. The zero-order valence-corrected chi connectivity index (χ0v) is 12.4. The summed E-state index contributed by atoms with van der Waals surface area (Å²) < 4.78 is 5.60. The molecule has 2 fully saturated rings. The maximum absolute atomic E-state index is 12.1. The molecule has 2 rings (SSSR count). The van der Waals surface area contributed by atoms with Crippen LogP contribution < -0.4 is 10.6 Å². The van der Waals surface area contributed by atoms with E-state index in [4.69, 9.17) is 4.74 Å². The Hall–Kier alpha value is -0.610. The van der Waals surface area contributed by atoms with E-state index in [-0.39, 0.29) is 12.0 Å². The molecule has 2 heterocycles. The van der Waals surface area contributed by atoms with Crippen molar-refractivity contribution in [2.75, 3.05) is 6.61 Å². The number of hydrogen-bond acceptors (Lipinski definition) is 3. The van der Waals surface area contributed by atoms with Crippen molar-refractivity contribution >= 4 is 5.91 Å². The summed E-state index contributed by atoms with van der Waals surface area (Å²) in [4.78, 5) is 12.1. The Morgan fingerprint density at radius 3 is 2.47 bits per heavy atom. The van der Waals surface area contributed by atoms with Gasteiger partial charge in [0.25, 0.3) is 0 Å². The van der Waals surface area contributed by atoms with Crippen LogP contribution in [0.4, 0.5) is 0 Å². The van der Waals surface area contributed by atoms with E-state index in [1.807, 2.05) is 6.92 Å². The summed E-state index contributed by atoms with van der Waals surface area (Å²) in [7, 11) is 0. The minimum absolute atomic E-state index is 0.0510. The van der Waals surface area contributed by atoms with Gasteiger partial charge in [0.1, 0.15) is 6.10 Å². The van der Waals surface area contributed by atoms with Crippen LogP contribution >= 0.6 is 0 Å². The standard InChI is InChI=1S/C15H28N2O2/c1-10(2)6-7-19-11(3)15(18)17-14-8-12-4-5-13(9-14)16-12/h10-14,16H,4-9H2,1-3H3,(H,17,18). The summed E-state index contributed by atoms with van der Waals surface area (Å²) in [6.07, 6.45) is 5.35. The second kappa shape index (κ2) is 6.71. The molecule has 2 N–H and O–H groups in total. The molecule has 1 amide bonds. The molecule has 0 spiro atoms. The lowest BCUT2D eigenvalue weighted by Crippen LogP contribution is -2.50. The van der Waals surface area contributed by atoms with Crippen LogP contribution in [0.1, 0.15) is 52.9 Å². The Morgan fingerprint density at radius 1 is 1.26 bits per heavy atom. The number of piperidine rings is 1. The molecule has 0 aromatic rings. The number of nitrogens with one attached hydrogen (secondary N) is 2. The highest BCUT2D eigenvalue weighted by molar-refractivity contribution is 5.80. The Labute approximate surface area is 116 Å². The molecule has 0 aromatic heterocycles. The van der Waals surface area contributed by atoms with E-state index in [1.165, 1.54) is 12.8 Å². The summed E-state index contributed by atoms with van der Waals surface area (Å²) in [5, 5.41) is 6.74. The molecule has 2 bridgehead atoms. The predicted octanol–water partition coefficient (Wildman–Crippen LogP) is 1.84. The molecular formula is C15H28N2O2. The first-order valence-electron chi connectivity index (χ1n) is 7.72. The van der Waals surface area contributed by atoms with Crippen LogP contribution in [0.3, 0.4) is 0 Å². The lowest BCUT2D eigenvalue weighted by molar-refractivity contribution is -0.132. The van der Waals surface area contributed by atoms with Gasteiger partial charge in [-0.3, -0.25) is 4.79 Å². The Morgan fingerprint density at radius 2 is 1.89 bits per heavy atom. The van der Waals surface area contributed by atoms with Crippen LogP contribution in [0.5, 0.6) is 0 Å². The van der Waals surface area contributed by atoms with Gasteiger partial charge in [-0.15, -0.1) is 0 Å². The number of fused-ring (bicyclic) bond motifs is 2. The molecule has 2 saturated heterocycles. The van der Waals surface area contributed by atoms with E-state index in [0.717, 1.165) is 19.3 Å². The van der Waals surface area contributed by atoms with Crippen molar-refractivity contribution in [1.82, 2.24) is 10.6 Å². The van der Waals surface area contributed by atoms with Gasteiger partial charge in [0, 0.05) is 24.7 Å². The number of hydrogen-bond donors (Lipinski definition) is 2. The third-order valence-electron chi connectivity index (χ3n) is 4.25. The van der Waals surface area contributed by atoms with Crippen LogP contribution in [0.2, 0.25) is 0 Å². The predicted molar refractivity (Wildman–Crippen MR) is 76.0 cm³/mol. The van der Waals surface area contributed by atoms with Crippen LogP contribution in [-0.2, 0) is 9.53 Å². The fraction of sp³-hybridized carbons (Fsp3) is 0.933. The third-order valence-corrected chi connectivity index (χ3v) is 4.25. The smallest absolute Gasteiger partial charge is 0.249 e. The lowest BCUT2D eigenvalue weighted by Gasteiger charge is -2.30. The number of amides is 1. The highest BCUT2D eigenvalue weighted by atomic mass is 16.5. The van der Waals surface area contributed by atoms with Crippen LogP contribution in [0, 0.1) is 5.92 Å². The van der Waals surface area contributed by atoms with Crippen LogP contribution in [-0.4, -0.2) is 36.7 Å². The lowest BCUT2D eigenvalue weighted by atomic mass is 9.99. The SMILES string of the molecule is CC(C)CCOC(C)C(=O)NC1CC2CCC(C1)N2. The van der Waals surface area contributed by atoms with Crippen LogP contribution in [0.25, 0.3) is 0 Å². The van der Waals surface area contributed by atoms with E-state index in [1.54, 1.807) is 0 Å². The highest BCUT2D eigenvalue weighted by Gasteiger charge is 2.34. The minimum atomic E-state index is -0.328. The van der Waals surface area contributed by atoms with E-state index in [2.05, 4.69) is 24.5 Å². The second-order valence-electron chi connectivity index (χ2n) is 6.51.